The third-order valence-electron chi connectivity index (χ3n) is 4.12. The molecule has 0 amide bonds. The summed E-state index contributed by atoms with van der Waals surface area (Å²) in [5.74, 6) is 0. The molecule has 0 bridgehead atoms. The maximum Gasteiger partial charge on any atom is 0.107 e. The number of ether oxygens (including phenoxy) is 1. The van der Waals surface area contributed by atoms with Crippen molar-refractivity contribution in [3.05, 3.63) is 53.9 Å². The van der Waals surface area contributed by atoms with Crippen LogP contribution in [0, 0.1) is 6.92 Å². The number of fused-ring (bicyclic) bond motifs is 1. The van der Waals surface area contributed by atoms with Gasteiger partial charge in [-0.05, 0) is 36.8 Å². The molecule has 0 saturated heterocycles. The molecule has 3 heterocycles. The minimum atomic E-state index is 0.661. The molecule has 1 aromatic carbocycles. The number of aryl methyl sites for hydroxylation is 1. The molecule has 5 nitrogen and oxygen atoms in total. The molecule has 126 valence electrons. The van der Waals surface area contributed by atoms with Crippen LogP contribution in [0.3, 0.4) is 0 Å². The Labute approximate surface area is 150 Å². The molecule has 0 saturated carbocycles. The Kier molecular flexibility index (Phi) is 4.29. The molecule has 0 fully saturated rings. The predicted octanol–water partition coefficient (Wildman–Crippen LogP) is 4.18. The van der Waals surface area contributed by atoms with E-state index < -0.39 is 0 Å². The van der Waals surface area contributed by atoms with Crippen molar-refractivity contribution >= 4 is 22.4 Å². The molecule has 0 N–H and O–H groups in total. The van der Waals surface area contributed by atoms with Gasteiger partial charge >= 0.3 is 0 Å². The molecule has 4 rings (SSSR count). The molecule has 25 heavy (non-hydrogen) atoms. The van der Waals surface area contributed by atoms with Crippen molar-refractivity contribution in [3.63, 3.8) is 0 Å². The maximum atomic E-state index is 5.19. The average Bonchev–Trinajstić information content (AvgIpc) is 3.26. The summed E-state index contributed by atoms with van der Waals surface area (Å²) in [4.78, 5) is 14.8. The van der Waals surface area contributed by atoms with E-state index in [9.17, 15) is 0 Å². The fraction of sp³-hybridized carbons (Fsp3) is 0.211. The molecule has 0 unspecified atom stereocenters. The molecule has 0 spiro atoms. The number of hydrogen-bond acceptors (Lipinski definition) is 5. The number of aromatic nitrogens is 4. The fourth-order valence-electron chi connectivity index (χ4n) is 2.87. The lowest BCUT2D eigenvalue weighted by atomic mass is 10.1. The fourth-order valence-corrected chi connectivity index (χ4v) is 3.67. The number of thiazole rings is 1. The zero-order valence-corrected chi connectivity index (χ0v) is 15.0. The van der Waals surface area contributed by atoms with Crippen LogP contribution >= 0.6 is 11.3 Å². The van der Waals surface area contributed by atoms with Crippen molar-refractivity contribution < 1.29 is 4.74 Å². The second kappa shape index (κ2) is 6.74. The Bertz CT molecular complexity index is 1020. The first-order valence-corrected chi connectivity index (χ1v) is 8.96. The summed E-state index contributed by atoms with van der Waals surface area (Å²) in [6, 6.07) is 12.3. The second-order valence-corrected chi connectivity index (χ2v) is 6.68. The average molecular weight is 350 g/mol. The van der Waals surface area contributed by atoms with Crippen molar-refractivity contribution in [2.45, 2.75) is 13.5 Å². The zero-order valence-electron chi connectivity index (χ0n) is 14.1. The highest BCUT2D eigenvalue weighted by Gasteiger charge is 2.14. The molecule has 6 heteroatoms. The lowest BCUT2D eigenvalue weighted by Gasteiger charge is -2.06. The standard InChI is InChI=1S/C19H18N4OS/c1-13-4-3-5-16(22-13)18-19(25-12-21-18)14-6-7-15-17(10-14)23(11-20-15)8-9-24-2/h3-7,10-12H,8-9H2,1-2H3. The molecule has 0 atom stereocenters. The quantitative estimate of drug-likeness (QED) is 0.542. The van der Waals surface area contributed by atoms with Crippen LogP contribution in [0.15, 0.2) is 48.2 Å². The van der Waals surface area contributed by atoms with E-state index >= 15 is 0 Å². The minimum absolute atomic E-state index is 0.661. The van der Waals surface area contributed by atoms with E-state index in [1.54, 1.807) is 18.4 Å². The number of hydrogen-bond donors (Lipinski definition) is 0. The summed E-state index contributed by atoms with van der Waals surface area (Å²) < 4.78 is 7.31. The van der Waals surface area contributed by atoms with Crippen molar-refractivity contribution in [1.29, 1.82) is 0 Å². The minimum Gasteiger partial charge on any atom is -0.383 e. The van der Waals surface area contributed by atoms with Gasteiger partial charge in [0, 0.05) is 19.3 Å². The van der Waals surface area contributed by atoms with Crippen molar-refractivity contribution in [2.75, 3.05) is 13.7 Å². The Morgan fingerprint density at radius 1 is 1.16 bits per heavy atom. The van der Waals surface area contributed by atoms with Gasteiger partial charge in [0.05, 0.1) is 40.0 Å². The molecular weight excluding hydrogens is 332 g/mol. The van der Waals surface area contributed by atoms with Crippen LogP contribution in [-0.2, 0) is 11.3 Å². The molecular formula is C19H18N4OS. The van der Waals surface area contributed by atoms with Gasteiger partial charge in [-0.2, -0.15) is 0 Å². The number of pyridine rings is 1. The molecule has 0 aliphatic carbocycles. The molecule has 3 aromatic heterocycles. The third-order valence-corrected chi connectivity index (χ3v) is 4.99. The maximum absolute atomic E-state index is 5.19. The van der Waals surface area contributed by atoms with E-state index in [0.717, 1.165) is 45.1 Å². The van der Waals surface area contributed by atoms with Gasteiger partial charge in [0.2, 0.25) is 0 Å². The third kappa shape index (κ3) is 3.06. The van der Waals surface area contributed by atoms with Crippen molar-refractivity contribution in [3.8, 4) is 21.8 Å². The highest BCUT2D eigenvalue weighted by Crippen LogP contribution is 2.35. The van der Waals surface area contributed by atoms with Crippen LogP contribution in [0.2, 0.25) is 0 Å². The first-order valence-electron chi connectivity index (χ1n) is 8.08. The lowest BCUT2D eigenvalue weighted by molar-refractivity contribution is 0.188. The summed E-state index contributed by atoms with van der Waals surface area (Å²) in [5.41, 5.74) is 7.92. The first kappa shape index (κ1) is 15.9. The van der Waals surface area contributed by atoms with Gasteiger partial charge in [0.25, 0.3) is 0 Å². The van der Waals surface area contributed by atoms with Crippen LogP contribution in [-0.4, -0.2) is 33.2 Å². The predicted molar refractivity (Wildman–Crippen MR) is 101 cm³/mol. The van der Waals surface area contributed by atoms with Gasteiger partial charge in [-0.3, -0.25) is 4.98 Å². The Morgan fingerprint density at radius 2 is 2.08 bits per heavy atom. The smallest absolute Gasteiger partial charge is 0.107 e. The topological polar surface area (TPSA) is 52.8 Å². The second-order valence-electron chi connectivity index (χ2n) is 5.83. The molecule has 4 aromatic rings. The Hall–Kier alpha value is -2.57. The number of rotatable bonds is 5. The summed E-state index contributed by atoms with van der Waals surface area (Å²) in [5, 5.41) is 0. The van der Waals surface area contributed by atoms with Gasteiger partial charge in [-0.15, -0.1) is 11.3 Å². The highest BCUT2D eigenvalue weighted by atomic mass is 32.1. The zero-order chi connectivity index (χ0) is 17.2. The summed E-state index contributed by atoms with van der Waals surface area (Å²) >= 11 is 1.63. The van der Waals surface area contributed by atoms with Crippen LogP contribution in [0.25, 0.3) is 32.9 Å². The van der Waals surface area contributed by atoms with Crippen molar-refractivity contribution in [1.82, 2.24) is 19.5 Å². The highest BCUT2D eigenvalue weighted by molar-refractivity contribution is 7.13. The van der Waals surface area contributed by atoms with E-state index in [1.165, 1.54) is 0 Å². The van der Waals surface area contributed by atoms with E-state index in [4.69, 9.17) is 4.74 Å². The largest absolute Gasteiger partial charge is 0.383 e. The van der Waals surface area contributed by atoms with Crippen molar-refractivity contribution in [2.24, 2.45) is 0 Å². The Balaban J connectivity index is 1.79. The van der Waals surface area contributed by atoms with Crippen LogP contribution in [0.5, 0.6) is 0 Å². The summed E-state index contributed by atoms with van der Waals surface area (Å²) in [6.45, 7) is 3.44. The van der Waals surface area contributed by atoms with E-state index in [-0.39, 0.29) is 0 Å². The van der Waals surface area contributed by atoms with E-state index in [0.29, 0.717) is 6.61 Å². The Morgan fingerprint density at radius 3 is 2.92 bits per heavy atom. The molecule has 0 aliphatic rings. The van der Waals surface area contributed by atoms with Gasteiger partial charge in [0.15, 0.2) is 0 Å². The lowest BCUT2D eigenvalue weighted by Crippen LogP contribution is -2.02. The summed E-state index contributed by atoms with van der Waals surface area (Å²) in [7, 11) is 1.71. The van der Waals surface area contributed by atoms with Gasteiger partial charge in [-0.1, -0.05) is 12.1 Å². The summed E-state index contributed by atoms with van der Waals surface area (Å²) in [6.07, 6.45) is 1.86. The van der Waals surface area contributed by atoms with Gasteiger partial charge < -0.3 is 9.30 Å². The molecule has 0 aliphatic heterocycles. The first-order chi connectivity index (χ1) is 12.3. The number of methoxy groups -OCH3 is 1. The SMILES string of the molecule is COCCn1cnc2ccc(-c3scnc3-c3cccc(C)n3)cc21. The van der Waals surface area contributed by atoms with E-state index in [1.807, 2.05) is 37.0 Å². The van der Waals surface area contributed by atoms with Gasteiger partial charge in [-0.25, -0.2) is 9.97 Å². The van der Waals surface area contributed by atoms with Crippen LogP contribution < -0.4 is 0 Å². The number of benzene rings is 1. The van der Waals surface area contributed by atoms with E-state index in [2.05, 4.69) is 37.7 Å². The van der Waals surface area contributed by atoms with Crippen LogP contribution in [0.1, 0.15) is 5.69 Å². The van der Waals surface area contributed by atoms with Crippen LogP contribution in [0.4, 0.5) is 0 Å². The van der Waals surface area contributed by atoms with Gasteiger partial charge in [0.1, 0.15) is 5.69 Å². The normalized spacial score (nSPS) is 11.3. The number of nitrogens with zero attached hydrogens (tertiary/aromatic N) is 4. The number of imidazole rings is 1. The monoisotopic (exact) mass is 350 g/mol. The molecule has 0 radical (unpaired) electrons.